The van der Waals surface area contributed by atoms with E-state index >= 15 is 0 Å². The van der Waals surface area contributed by atoms with Gasteiger partial charge in [0.15, 0.2) is 5.69 Å². The van der Waals surface area contributed by atoms with E-state index in [9.17, 15) is 4.79 Å². The number of hydrogen-bond donors (Lipinski definition) is 1. The second-order valence-electron chi connectivity index (χ2n) is 3.97. The summed E-state index contributed by atoms with van der Waals surface area (Å²) in [6, 6.07) is 1.20. The van der Waals surface area contributed by atoms with Crippen molar-refractivity contribution in [1.29, 1.82) is 5.26 Å². The van der Waals surface area contributed by atoms with Crippen LogP contribution in [0.4, 0.5) is 5.82 Å². The fourth-order valence-corrected chi connectivity index (χ4v) is 1.98. The van der Waals surface area contributed by atoms with Crippen LogP contribution in [0, 0.1) is 11.3 Å². The highest BCUT2D eigenvalue weighted by Gasteiger charge is 2.37. The first kappa shape index (κ1) is 12.3. The van der Waals surface area contributed by atoms with Gasteiger partial charge < -0.3 is 14.7 Å². The van der Waals surface area contributed by atoms with Gasteiger partial charge in [0.1, 0.15) is 17.9 Å². The number of carbonyl (C=O) groups is 1. The van der Waals surface area contributed by atoms with Crippen LogP contribution in [-0.2, 0) is 9.53 Å². The van der Waals surface area contributed by atoms with E-state index in [1.165, 1.54) is 12.4 Å². The van der Waals surface area contributed by atoms with Crippen LogP contribution in [0.25, 0.3) is 0 Å². The van der Waals surface area contributed by atoms with Crippen molar-refractivity contribution < 1.29 is 14.6 Å². The maximum Gasteiger partial charge on any atom is 0.326 e. The summed E-state index contributed by atoms with van der Waals surface area (Å²) in [5.41, 5.74) is 0.202. The minimum atomic E-state index is -0.916. The van der Waals surface area contributed by atoms with Gasteiger partial charge >= 0.3 is 5.97 Å². The Balaban J connectivity index is 2.24. The lowest BCUT2D eigenvalue weighted by atomic mass is 10.2. The van der Waals surface area contributed by atoms with Crippen molar-refractivity contribution in [3.8, 4) is 6.07 Å². The molecule has 1 aliphatic heterocycles. The first-order valence-electron chi connectivity index (χ1n) is 5.40. The van der Waals surface area contributed by atoms with Gasteiger partial charge in [-0.25, -0.2) is 14.8 Å². The van der Waals surface area contributed by atoms with E-state index in [4.69, 9.17) is 15.1 Å². The fourth-order valence-electron chi connectivity index (χ4n) is 1.98. The van der Waals surface area contributed by atoms with E-state index in [0.717, 1.165) is 0 Å². The molecule has 1 saturated heterocycles. The summed E-state index contributed by atoms with van der Waals surface area (Å²) in [5.74, 6) is -0.471. The quantitative estimate of drug-likeness (QED) is 0.805. The van der Waals surface area contributed by atoms with Crippen LogP contribution in [0.2, 0.25) is 0 Å². The predicted octanol–water partition coefficient (Wildman–Crippen LogP) is 0.0266. The van der Waals surface area contributed by atoms with Gasteiger partial charge in [0, 0.05) is 20.1 Å². The Bertz CT molecular complexity index is 482. The molecule has 7 nitrogen and oxygen atoms in total. The number of nitrogens with zero attached hydrogens (tertiary/aromatic N) is 4. The Kier molecular flexibility index (Phi) is 3.39. The minimum absolute atomic E-state index is 0.136. The molecule has 0 saturated carbocycles. The van der Waals surface area contributed by atoms with Crippen molar-refractivity contribution in [2.24, 2.45) is 0 Å². The van der Waals surface area contributed by atoms with E-state index in [2.05, 4.69) is 9.97 Å². The number of carboxylic acid groups (broad SMARTS) is 1. The highest BCUT2D eigenvalue weighted by molar-refractivity contribution is 5.78. The molecule has 1 fully saturated rings. The zero-order valence-corrected chi connectivity index (χ0v) is 9.78. The summed E-state index contributed by atoms with van der Waals surface area (Å²) in [4.78, 5) is 20.7. The molecule has 1 N–H and O–H groups in total. The summed E-state index contributed by atoms with van der Waals surface area (Å²) >= 11 is 0. The van der Waals surface area contributed by atoms with Crippen LogP contribution >= 0.6 is 0 Å². The molecule has 1 aromatic heterocycles. The second-order valence-corrected chi connectivity index (χ2v) is 3.97. The van der Waals surface area contributed by atoms with Crippen molar-refractivity contribution in [2.45, 2.75) is 18.6 Å². The summed E-state index contributed by atoms with van der Waals surface area (Å²) in [7, 11) is 1.55. The lowest BCUT2D eigenvalue weighted by Gasteiger charge is -2.21. The molecule has 0 radical (unpaired) electrons. The molecule has 1 aromatic rings. The average Bonchev–Trinajstić information content (AvgIpc) is 2.83. The third kappa shape index (κ3) is 2.24. The fraction of sp³-hybridized carbons (Fsp3) is 0.455. The number of nitriles is 1. The molecule has 0 bridgehead atoms. The first-order valence-corrected chi connectivity index (χ1v) is 5.40. The molecular weight excluding hydrogens is 236 g/mol. The Hall–Kier alpha value is -2.20. The highest BCUT2D eigenvalue weighted by atomic mass is 16.5. The second kappa shape index (κ2) is 4.98. The molecule has 2 unspecified atom stereocenters. The van der Waals surface area contributed by atoms with Crippen molar-refractivity contribution in [1.82, 2.24) is 9.97 Å². The van der Waals surface area contributed by atoms with Crippen molar-refractivity contribution in [3.05, 3.63) is 18.1 Å². The van der Waals surface area contributed by atoms with Gasteiger partial charge in [-0.05, 0) is 0 Å². The minimum Gasteiger partial charge on any atom is -0.480 e. The number of methoxy groups -OCH3 is 1. The van der Waals surface area contributed by atoms with Gasteiger partial charge in [0.25, 0.3) is 0 Å². The van der Waals surface area contributed by atoms with Gasteiger partial charge in [-0.15, -0.1) is 0 Å². The molecule has 0 aromatic carbocycles. The lowest BCUT2D eigenvalue weighted by molar-refractivity contribution is -0.138. The molecule has 1 aliphatic rings. The molecular formula is C11H12N4O3. The molecule has 94 valence electrons. The first-order chi connectivity index (χ1) is 8.65. The Morgan fingerprint density at radius 1 is 1.61 bits per heavy atom. The van der Waals surface area contributed by atoms with Crippen LogP contribution in [0.15, 0.2) is 12.4 Å². The number of hydrogen-bond acceptors (Lipinski definition) is 6. The summed E-state index contributed by atoms with van der Waals surface area (Å²) < 4.78 is 5.18. The number of carboxylic acids is 1. The van der Waals surface area contributed by atoms with Gasteiger partial charge in [0.2, 0.25) is 0 Å². The van der Waals surface area contributed by atoms with Gasteiger partial charge in [-0.1, -0.05) is 0 Å². The van der Waals surface area contributed by atoms with E-state index in [-0.39, 0.29) is 11.8 Å². The molecule has 7 heteroatoms. The molecule has 0 aliphatic carbocycles. The molecule has 2 rings (SSSR count). The van der Waals surface area contributed by atoms with Crippen LogP contribution in [0.5, 0.6) is 0 Å². The van der Waals surface area contributed by atoms with Gasteiger partial charge in [0.05, 0.1) is 18.5 Å². The zero-order chi connectivity index (χ0) is 13.1. The molecule has 0 amide bonds. The van der Waals surface area contributed by atoms with Gasteiger partial charge in [-0.2, -0.15) is 5.26 Å². The van der Waals surface area contributed by atoms with Crippen LogP contribution in [0.1, 0.15) is 12.1 Å². The van der Waals surface area contributed by atoms with E-state index in [1.54, 1.807) is 12.0 Å². The molecule has 2 heterocycles. The predicted molar refractivity (Wildman–Crippen MR) is 60.9 cm³/mol. The average molecular weight is 248 g/mol. The van der Waals surface area contributed by atoms with Crippen molar-refractivity contribution in [3.63, 3.8) is 0 Å². The van der Waals surface area contributed by atoms with E-state index in [0.29, 0.717) is 18.8 Å². The van der Waals surface area contributed by atoms with E-state index < -0.39 is 12.0 Å². The Morgan fingerprint density at radius 2 is 2.39 bits per heavy atom. The topological polar surface area (TPSA) is 99.3 Å². The van der Waals surface area contributed by atoms with Crippen LogP contribution in [-0.4, -0.2) is 46.8 Å². The largest absolute Gasteiger partial charge is 0.480 e. The van der Waals surface area contributed by atoms with Crippen LogP contribution in [0.3, 0.4) is 0 Å². The molecule has 0 spiro atoms. The van der Waals surface area contributed by atoms with Crippen molar-refractivity contribution >= 4 is 11.8 Å². The number of ether oxygens (including phenoxy) is 1. The van der Waals surface area contributed by atoms with Crippen molar-refractivity contribution in [2.75, 3.05) is 18.6 Å². The summed E-state index contributed by atoms with van der Waals surface area (Å²) in [6.07, 6.45) is 3.01. The highest BCUT2D eigenvalue weighted by Crippen LogP contribution is 2.25. The standard InChI is InChI=1S/C11H12N4O3/c1-18-8-2-9(11(16)17)15(6-8)10-5-13-7(3-12)4-14-10/h4-5,8-9H,2,6H2,1H3,(H,16,17). The van der Waals surface area contributed by atoms with Gasteiger partial charge in [-0.3, -0.25) is 0 Å². The molecule has 18 heavy (non-hydrogen) atoms. The third-order valence-corrected chi connectivity index (χ3v) is 2.93. The number of aliphatic carboxylic acids is 1. The maximum atomic E-state index is 11.2. The van der Waals surface area contributed by atoms with Crippen LogP contribution < -0.4 is 4.90 Å². The number of aromatic nitrogens is 2. The maximum absolute atomic E-state index is 11.2. The SMILES string of the molecule is COC1CC(C(=O)O)N(c2cnc(C#N)cn2)C1. The monoisotopic (exact) mass is 248 g/mol. The summed E-state index contributed by atoms with van der Waals surface area (Å²) in [6.45, 7) is 0.452. The lowest BCUT2D eigenvalue weighted by Crippen LogP contribution is -2.36. The van der Waals surface area contributed by atoms with E-state index in [1.807, 2.05) is 6.07 Å². The summed E-state index contributed by atoms with van der Waals surface area (Å²) in [5, 5.41) is 17.8. The third-order valence-electron chi connectivity index (χ3n) is 2.93. The smallest absolute Gasteiger partial charge is 0.326 e. The molecule has 2 atom stereocenters. The Labute approximate surface area is 104 Å². The Morgan fingerprint density at radius 3 is 2.89 bits per heavy atom. The number of rotatable bonds is 3. The zero-order valence-electron chi connectivity index (χ0n) is 9.78. The normalized spacial score (nSPS) is 22.8. The number of anilines is 1.